The molecule has 2 atom stereocenters. The molecule has 1 aromatic carbocycles. The van der Waals surface area contributed by atoms with E-state index in [0.717, 1.165) is 55.7 Å². The summed E-state index contributed by atoms with van der Waals surface area (Å²) < 4.78 is 12.1. The Morgan fingerprint density at radius 1 is 1.23 bits per heavy atom. The summed E-state index contributed by atoms with van der Waals surface area (Å²) in [6.07, 6.45) is 3.18. The van der Waals surface area contributed by atoms with Crippen molar-refractivity contribution in [1.29, 1.82) is 0 Å². The van der Waals surface area contributed by atoms with Crippen LogP contribution in [0.4, 0.5) is 5.95 Å². The van der Waals surface area contributed by atoms with E-state index in [2.05, 4.69) is 51.0 Å². The van der Waals surface area contributed by atoms with Gasteiger partial charge in [-0.3, -0.25) is 10.00 Å². The van der Waals surface area contributed by atoms with E-state index in [1.54, 1.807) is 7.11 Å². The average Bonchev–Trinajstić information content (AvgIpc) is 3.22. The first kappa shape index (κ1) is 22.5. The Morgan fingerprint density at radius 3 is 2.55 bits per heavy atom. The van der Waals surface area contributed by atoms with E-state index in [1.165, 1.54) is 5.56 Å². The minimum absolute atomic E-state index is 0.0488. The fourth-order valence-electron chi connectivity index (χ4n) is 4.65. The monoisotopic (exact) mass is 447 g/mol. The fourth-order valence-corrected chi connectivity index (χ4v) is 4.78. The number of nitrogens with zero attached hydrogens (tertiary/aromatic N) is 4. The summed E-state index contributed by atoms with van der Waals surface area (Å²) in [5.74, 6) is 1.67. The Kier molecular flexibility index (Phi) is 6.86. The third-order valence-corrected chi connectivity index (χ3v) is 7.08. The van der Waals surface area contributed by atoms with Gasteiger partial charge in [0.15, 0.2) is 0 Å². The van der Waals surface area contributed by atoms with Crippen molar-refractivity contribution in [1.82, 2.24) is 20.1 Å². The lowest BCUT2D eigenvalue weighted by molar-refractivity contribution is -0.165. The number of nitrogens with one attached hydrogen (secondary N) is 1. The molecule has 4 rings (SSSR count). The second kappa shape index (κ2) is 9.45. The second-order valence-electron chi connectivity index (χ2n) is 9.25. The van der Waals surface area contributed by atoms with Gasteiger partial charge in [0.25, 0.3) is 0 Å². The average molecular weight is 448 g/mol. The van der Waals surface area contributed by atoms with E-state index in [4.69, 9.17) is 21.1 Å². The zero-order chi connectivity index (χ0) is 22.0. The van der Waals surface area contributed by atoms with Crippen molar-refractivity contribution < 1.29 is 9.47 Å². The van der Waals surface area contributed by atoms with Gasteiger partial charge in [0.1, 0.15) is 5.82 Å². The van der Waals surface area contributed by atoms with Crippen LogP contribution in [0.5, 0.6) is 0 Å². The number of hydrogen-bond donors (Lipinski definition) is 1. The maximum Gasteiger partial charge on any atom is 0.244 e. The van der Waals surface area contributed by atoms with Crippen LogP contribution < -0.4 is 4.90 Å². The topological polar surface area (TPSA) is 66.5 Å². The molecule has 0 bridgehead atoms. The molecule has 0 aliphatic carbocycles. The van der Waals surface area contributed by atoms with Crippen LogP contribution in [0, 0.1) is 6.92 Å². The van der Waals surface area contributed by atoms with Crippen LogP contribution in [0.2, 0.25) is 5.02 Å². The van der Waals surface area contributed by atoms with Gasteiger partial charge >= 0.3 is 0 Å². The number of anilines is 1. The number of H-pyrrole nitrogens is 1. The van der Waals surface area contributed by atoms with Crippen molar-refractivity contribution in [3.05, 3.63) is 40.7 Å². The SMILES string of the molecule is COC(C)(C)[C@H]1CN(C2CCN(c3n[nH]c(C)n3)CC2)C(Cc2ccc(Cl)cc2)CO1. The van der Waals surface area contributed by atoms with Gasteiger partial charge in [-0.15, -0.1) is 5.10 Å². The smallest absolute Gasteiger partial charge is 0.244 e. The van der Waals surface area contributed by atoms with Gasteiger partial charge in [-0.2, -0.15) is 4.98 Å². The second-order valence-corrected chi connectivity index (χ2v) is 9.69. The molecule has 7 nitrogen and oxygen atoms in total. The molecule has 0 saturated carbocycles. The third kappa shape index (κ3) is 5.22. The molecule has 31 heavy (non-hydrogen) atoms. The quantitative estimate of drug-likeness (QED) is 0.731. The summed E-state index contributed by atoms with van der Waals surface area (Å²) in [6, 6.07) is 9.04. The minimum atomic E-state index is -0.319. The predicted molar refractivity (Wildman–Crippen MR) is 123 cm³/mol. The number of halogens is 1. The number of methoxy groups -OCH3 is 1. The summed E-state index contributed by atoms with van der Waals surface area (Å²) >= 11 is 6.09. The molecule has 2 saturated heterocycles. The predicted octanol–water partition coefficient (Wildman–Crippen LogP) is 3.47. The summed E-state index contributed by atoms with van der Waals surface area (Å²) in [7, 11) is 1.77. The zero-order valence-electron chi connectivity index (χ0n) is 19.0. The zero-order valence-corrected chi connectivity index (χ0v) is 19.7. The highest BCUT2D eigenvalue weighted by Crippen LogP contribution is 2.30. The number of aromatic amines is 1. The van der Waals surface area contributed by atoms with Crippen LogP contribution in [0.3, 0.4) is 0 Å². The maximum atomic E-state index is 6.33. The number of hydrogen-bond acceptors (Lipinski definition) is 6. The molecule has 3 heterocycles. The number of aromatic nitrogens is 3. The van der Waals surface area contributed by atoms with Gasteiger partial charge in [-0.05, 0) is 57.7 Å². The highest BCUT2D eigenvalue weighted by Gasteiger charge is 2.41. The van der Waals surface area contributed by atoms with E-state index < -0.39 is 0 Å². The van der Waals surface area contributed by atoms with Gasteiger partial charge in [0.2, 0.25) is 5.95 Å². The van der Waals surface area contributed by atoms with Crippen LogP contribution in [-0.2, 0) is 15.9 Å². The van der Waals surface area contributed by atoms with E-state index in [0.29, 0.717) is 18.7 Å². The van der Waals surface area contributed by atoms with Crippen LogP contribution in [-0.4, -0.2) is 77.2 Å². The number of rotatable bonds is 6. The van der Waals surface area contributed by atoms with E-state index in [9.17, 15) is 0 Å². The standard InChI is InChI=1S/C23H34ClN5O2/c1-16-25-22(27-26-16)28-11-9-19(10-12-28)29-14-21(23(2,3)30-4)31-15-20(29)13-17-5-7-18(24)8-6-17/h5-8,19-21H,9-15H2,1-4H3,(H,25,26,27)/t20?,21-/m1/s1. The van der Waals surface area contributed by atoms with E-state index >= 15 is 0 Å². The number of ether oxygens (including phenoxy) is 2. The normalized spacial score (nSPS) is 24.0. The Bertz CT molecular complexity index is 848. The molecule has 2 fully saturated rings. The van der Waals surface area contributed by atoms with Crippen molar-refractivity contribution in [3.63, 3.8) is 0 Å². The van der Waals surface area contributed by atoms with Crippen LogP contribution >= 0.6 is 11.6 Å². The summed E-state index contributed by atoms with van der Waals surface area (Å²) in [4.78, 5) is 9.46. The maximum absolute atomic E-state index is 6.33. The highest BCUT2D eigenvalue weighted by atomic mass is 35.5. The first-order valence-corrected chi connectivity index (χ1v) is 11.5. The number of morpholine rings is 1. The van der Waals surface area contributed by atoms with Crippen molar-refractivity contribution in [2.45, 2.75) is 63.8 Å². The van der Waals surface area contributed by atoms with Gasteiger partial charge < -0.3 is 14.4 Å². The minimum Gasteiger partial charge on any atom is -0.376 e. The van der Waals surface area contributed by atoms with Crippen LogP contribution in [0.1, 0.15) is 38.1 Å². The van der Waals surface area contributed by atoms with Crippen LogP contribution in [0.25, 0.3) is 0 Å². The number of piperidine rings is 1. The molecule has 1 unspecified atom stereocenters. The molecule has 0 amide bonds. The molecule has 0 spiro atoms. The first-order valence-electron chi connectivity index (χ1n) is 11.2. The van der Waals surface area contributed by atoms with Crippen molar-refractivity contribution in [2.24, 2.45) is 0 Å². The molecule has 2 aromatic rings. The van der Waals surface area contributed by atoms with E-state index in [-0.39, 0.29) is 11.7 Å². The number of benzene rings is 1. The molecular weight excluding hydrogens is 414 g/mol. The van der Waals surface area contributed by atoms with Crippen molar-refractivity contribution in [3.8, 4) is 0 Å². The summed E-state index contributed by atoms with van der Waals surface area (Å²) in [5, 5.41) is 8.07. The van der Waals surface area contributed by atoms with Crippen molar-refractivity contribution in [2.75, 3.05) is 38.3 Å². The Hall–Kier alpha value is -1.67. The lowest BCUT2D eigenvalue weighted by Gasteiger charge is -2.49. The Labute approximate surface area is 190 Å². The lowest BCUT2D eigenvalue weighted by Crippen LogP contribution is -2.61. The number of aryl methyl sites for hydroxylation is 1. The summed E-state index contributed by atoms with van der Waals surface area (Å²) in [6.45, 7) is 9.68. The molecule has 170 valence electrons. The van der Waals surface area contributed by atoms with Crippen molar-refractivity contribution >= 4 is 17.5 Å². The lowest BCUT2D eigenvalue weighted by atomic mass is 9.92. The molecule has 8 heteroatoms. The van der Waals surface area contributed by atoms with Gasteiger partial charge in [-0.1, -0.05) is 23.7 Å². The summed E-state index contributed by atoms with van der Waals surface area (Å²) in [5.41, 5.74) is 0.974. The molecule has 2 aliphatic heterocycles. The molecule has 1 N–H and O–H groups in total. The Balaban J connectivity index is 1.47. The van der Waals surface area contributed by atoms with Gasteiger partial charge in [0.05, 0.1) is 18.3 Å². The molecular formula is C23H34ClN5O2. The molecule has 1 aromatic heterocycles. The van der Waals surface area contributed by atoms with Gasteiger partial charge in [0, 0.05) is 43.9 Å². The fraction of sp³-hybridized carbons (Fsp3) is 0.652. The highest BCUT2D eigenvalue weighted by molar-refractivity contribution is 6.30. The third-order valence-electron chi connectivity index (χ3n) is 6.82. The first-order chi connectivity index (χ1) is 14.9. The van der Waals surface area contributed by atoms with E-state index in [1.807, 2.05) is 19.1 Å². The largest absolute Gasteiger partial charge is 0.376 e. The Morgan fingerprint density at radius 2 is 1.94 bits per heavy atom. The molecule has 2 aliphatic rings. The van der Waals surface area contributed by atoms with Gasteiger partial charge in [-0.25, -0.2) is 0 Å². The van der Waals surface area contributed by atoms with Crippen LogP contribution in [0.15, 0.2) is 24.3 Å². The molecule has 0 radical (unpaired) electrons.